The van der Waals surface area contributed by atoms with Gasteiger partial charge in [0.25, 0.3) is 0 Å². The zero-order valence-corrected chi connectivity index (χ0v) is 8.31. The predicted molar refractivity (Wildman–Crippen MR) is 52.5 cm³/mol. The van der Waals surface area contributed by atoms with E-state index in [1.165, 1.54) is 0 Å². The summed E-state index contributed by atoms with van der Waals surface area (Å²) < 4.78 is 0. The third-order valence-electron chi connectivity index (χ3n) is 1.60. The van der Waals surface area contributed by atoms with Crippen molar-refractivity contribution in [3.63, 3.8) is 0 Å². The quantitative estimate of drug-likeness (QED) is 0.442. The molecule has 5 heteroatoms. The molecule has 1 aromatic carbocycles. The number of oxime groups is 1. The molecule has 4 N–H and O–H groups in total. The van der Waals surface area contributed by atoms with Crippen LogP contribution in [0.4, 0.5) is 0 Å². The van der Waals surface area contributed by atoms with Gasteiger partial charge in [-0.3, -0.25) is 0 Å². The van der Waals surface area contributed by atoms with E-state index in [2.05, 4.69) is 10.9 Å². The maximum atomic E-state index is 8.63. The van der Waals surface area contributed by atoms with Crippen molar-refractivity contribution in [2.75, 3.05) is 6.54 Å². The van der Waals surface area contributed by atoms with Gasteiger partial charge in [0.1, 0.15) is 12.3 Å². The number of hydrogen-bond acceptors (Lipinski definition) is 2. The number of hydrogen-bond donors (Lipinski definition) is 2. The molecule has 0 spiro atoms. The lowest BCUT2D eigenvalue weighted by Crippen LogP contribution is -2.54. The zero-order chi connectivity index (χ0) is 9.84. The zero-order valence-electron chi connectivity index (χ0n) is 6.80. The van der Waals surface area contributed by atoms with Crippen molar-refractivity contribution in [2.24, 2.45) is 5.16 Å². The highest BCUT2D eigenvalue weighted by molar-refractivity contribution is 6.37. The predicted octanol–water partition coefficient (Wildman–Crippen LogP) is 1.41. The summed E-state index contributed by atoms with van der Waals surface area (Å²) in [4.78, 5) is 0. The summed E-state index contributed by atoms with van der Waals surface area (Å²) in [6.45, 7) is 0.373. The molecule has 0 aliphatic carbocycles. The molecule has 0 amide bonds. The number of nitrogens with zero attached hydrogens (tertiary/aromatic N) is 1. The maximum Gasteiger partial charge on any atom is 0.142 e. The largest absolute Gasteiger partial charge is 0.410 e. The Balaban J connectivity index is 3.15. The van der Waals surface area contributed by atoms with Crippen LogP contribution in [0.1, 0.15) is 5.56 Å². The van der Waals surface area contributed by atoms with Crippen LogP contribution in [-0.4, -0.2) is 17.5 Å². The fourth-order valence-corrected chi connectivity index (χ4v) is 1.48. The van der Waals surface area contributed by atoms with Gasteiger partial charge in [-0.25, -0.2) is 0 Å². The molecular formula is C8H9Cl2N2O+. The lowest BCUT2D eigenvalue weighted by molar-refractivity contribution is -0.346. The summed E-state index contributed by atoms with van der Waals surface area (Å²) >= 11 is 11.6. The Morgan fingerprint density at radius 3 is 2.62 bits per heavy atom. The number of halogens is 2. The molecule has 3 nitrogen and oxygen atoms in total. The monoisotopic (exact) mass is 219 g/mol. The summed E-state index contributed by atoms with van der Waals surface area (Å²) in [6, 6.07) is 4.98. The Labute approximate surface area is 85.8 Å². The highest BCUT2D eigenvalue weighted by Crippen LogP contribution is 2.21. The van der Waals surface area contributed by atoms with Crippen LogP contribution in [0.15, 0.2) is 23.4 Å². The molecule has 0 atom stereocenters. The molecule has 0 bridgehead atoms. The Kier molecular flexibility index (Phi) is 3.54. The van der Waals surface area contributed by atoms with Crippen LogP contribution >= 0.6 is 23.2 Å². The minimum absolute atomic E-state index is 0.373. The summed E-state index contributed by atoms with van der Waals surface area (Å²) in [5, 5.41) is 12.7. The van der Waals surface area contributed by atoms with Gasteiger partial charge in [0.15, 0.2) is 0 Å². The van der Waals surface area contributed by atoms with E-state index in [4.69, 9.17) is 28.4 Å². The number of rotatable bonds is 2. The average Bonchev–Trinajstić information content (AvgIpc) is 2.10. The van der Waals surface area contributed by atoms with Crippen LogP contribution in [-0.2, 0) is 0 Å². The fraction of sp³-hybridized carbons (Fsp3) is 0.125. The summed E-state index contributed by atoms with van der Waals surface area (Å²) in [5.74, 6) is 0. The van der Waals surface area contributed by atoms with Gasteiger partial charge in [0, 0.05) is 10.6 Å². The molecule has 0 aliphatic rings. The SMILES string of the molecule is [NH3+]C/C(=N\O)c1ccc(Cl)cc1Cl. The second kappa shape index (κ2) is 4.46. The molecule has 0 aromatic heterocycles. The van der Waals surface area contributed by atoms with E-state index < -0.39 is 0 Å². The molecule has 0 unspecified atom stereocenters. The van der Waals surface area contributed by atoms with Gasteiger partial charge in [-0.2, -0.15) is 0 Å². The van der Waals surface area contributed by atoms with Crippen molar-refractivity contribution in [3.8, 4) is 0 Å². The molecule has 0 heterocycles. The summed E-state index contributed by atoms with van der Waals surface area (Å²) in [7, 11) is 0. The van der Waals surface area contributed by atoms with E-state index in [-0.39, 0.29) is 0 Å². The fourth-order valence-electron chi connectivity index (χ4n) is 0.962. The Bertz CT molecular complexity index is 339. The van der Waals surface area contributed by atoms with Gasteiger partial charge in [0.2, 0.25) is 0 Å². The van der Waals surface area contributed by atoms with Crippen molar-refractivity contribution < 1.29 is 10.9 Å². The third-order valence-corrected chi connectivity index (χ3v) is 2.15. The standard InChI is InChI=1S/C8H8Cl2N2O/c9-5-1-2-6(7(10)3-5)8(4-11)12-13/h1-3,13H,4,11H2/p+1/b12-8+. The number of benzene rings is 1. The highest BCUT2D eigenvalue weighted by Gasteiger charge is 2.08. The molecule has 0 saturated carbocycles. The Hall–Kier alpha value is -0.770. The lowest BCUT2D eigenvalue weighted by atomic mass is 10.1. The molecule has 1 aromatic rings. The van der Waals surface area contributed by atoms with E-state index in [1.54, 1.807) is 18.2 Å². The van der Waals surface area contributed by atoms with E-state index in [9.17, 15) is 0 Å². The molecule has 0 aliphatic heterocycles. The first kappa shape index (κ1) is 10.3. The van der Waals surface area contributed by atoms with Crippen LogP contribution < -0.4 is 5.73 Å². The van der Waals surface area contributed by atoms with Crippen LogP contribution in [0.2, 0.25) is 10.0 Å². The van der Waals surface area contributed by atoms with E-state index in [0.29, 0.717) is 27.9 Å². The van der Waals surface area contributed by atoms with Crippen molar-refractivity contribution >= 4 is 28.9 Å². The second-order valence-corrected chi connectivity index (χ2v) is 3.26. The van der Waals surface area contributed by atoms with Gasteiger partial charge in [0.05, 0.1) is 5.02 Å². The van der Waals surface area contributed by atoms with Crippen molar-refractivity contribution in [1.29, 1.82) is 0 Å². The first-order valence-electron chi connectivity index (χ1n) is 3.64. The Morgan fingerprint density at radius 1 is 1.46 bits per heavy atom. The molecule has 0 radical (unpaired) electrons. The third kappa shape index (κ3) is 2.34. The van der Waals surface area contributed by atoms with Gasteiger partial charge in [-0.15, -0.1) is 0 Å². The highest BCUT2D eigenvalue weighted by atomic mass is 35.5. The molecule has 13 heavy (non-hydrogen) atoms. The number of quaternary nitrogens is 1. The molecule has 0 fully saturated rings. The second-order valence-electron chi connectivity index (χ2n) is 2.42. The summed E-state index contributed by atoms with van der Waals surface area (Å²) in [6.07, 6.45) is 0. The molecule has 0 saturated heterocycles. The molecule has 70 valence electrons. The van der Waals surface area contributed by atoms with Gasteiger partial charge in [-0.1, -0.05) is 28.4 Å². The van der Waals surface area contributed by atoms with Crippen molar-refractivity contribution in [1.82, 2.24) is 0 Å². The summed E-state index contributed by atoms with van der Waals surface area (Å²) in [5.41, 5.74) is 4.72. The van der Waals surface area contributed by atoms with Crippen LogP contribution in [0.25, 0.3) is 0 Å². The molecule has 1 rings (SSSR count). The van der Waals surface area contributed by atoms with Gasteiger partial charge >= 0.3 is 0 Å². The smallest absolute Gasteiger partial charge is 0.142 e. The van der Waals surface area contributed by atoms with Crippen molar-refractivity contribution in [3.05, 3.63) is 33.8 Å². The Morgan fingerprint density at radius 2 is 2.15 bits per heavy atom. The van der Waals surface area contributed by atoms with Gasteiger partial charge in [-0.05, 0) is 18.2 Å². The maximum absolute atomic E-state index is 8.63. The van der Waals surface area contributed by atoms with Crippen molar-refractivity contribution in [2.45, 2.75) is 0 Å². The van der Waals surface area contributed by atoms with E-state index >= 15 is 0 Å². The van der Waals surface area contributed by atoms with Crippen LogP contribution in [0.5, 0.6) is 0 Å². The van der Waals surface area contributed by atoms with Crippen LogP contribution in [0, 0.1) is 0 Å². The topological polar surface area (TPSA) is 60.2 Å². The minimum atomic E-state index is 0.373. The first-order valence-corrected chi connectivity index (χ1v) is 4.40. The average molecular weight is 220 g/mol. The normalized spacial score (nSPS) is 11.8. The first-order chi connectivity index (χ1) is 6.19. The lowest BCUT2D eigenvalue weighted by Gasteiger charge is -2.02. The van der Waals surface area contributed by atoms with E-state index in [1.807, 2.05) is 0 Å². The van der Waals surface area contributed by atoms with Crippen LogP contribution in [0.3, 0.4) is 0 Å². The minimum Gasteiger partial charge on any atom is -0.410 e. The molecular weight excluding hydrogens is 211 g/mol. The van der Waals surface area contributed by atoms with E-state index in [0.717, 1.165) is 0 Å². The van der Waals surface area contributed by atoms with Gasteiger partial charge < -0.3 is 10.9 Å².